The van der Waals surface area contributed by atoms with Crippen molar-refractivity contribution >= 4 is 17.3 Å². The molecule has 2 N–H and O–H groups in total. The minimum Gasteiger partial charge on any atom is -0.364 e. The molecule has 0 aromatic carbocycles. The normalized spacial score (nSPS) is 15.5. The van der Waals surface area contributed by atoms with E-state index < -0.39 is 4.92 Å². The first-order chi connectivity index (χ1) is 10.1. The van der Waals surface area contributed by atoms with Crippen molar-refractivity contribution in [2.75, 3.05) is 23.7 Å². The van der Waals surface area contributed by atoms with Gasteiger partial charge in [0.25, 0.3) is 0 Å². The summed E-state index contributed by atoms with van der Waals surface area (Å²) in [6.45, 7) is 5.56. The third-order valence-electron chi connectivity index (χ3n) is 3.92. The molecule has 0 radical (unpaired) electrons. The molecule has 0 amide bonds. The zero-order valence-corrected chi connectivity index (χ0v) is 12.7. The van der Waals surface area contributed by atoms with Gasteiger partial charge in [0.1, 0.15) is 6.33 Å². The summed E-state index contributed by atoms with van der Waals surface area (Å²) in [5, 5.41) is 17.5. The average Bonchev–Trinajstić information content (AvgIpc) is 3.23. The van der Waals surface area contributed by atoms with Crippen LogP contribution < -0.4 is 10.6 Å². The maximum atomic E-state index is 11.3. The van der Waals surface area contributed by atoms with E-state index in [2.05, 4.69) is 27.5 Å². The summed E-state index contributed by atoms with van der Waals surface area (Å²) in [5.41, 5.74) is 0.253. The van der Waals surface area contributed by atoms with Crippen molar-refractivity contribution in [1.82, 2.24) is 9.97 Å². The van der Waals surface area contributed by atoms with Crippen LogP contribution in [0.25, 0.3) is 0 Å². The van der Waals surface area contributed by atoms with Gasteiger partial charge in [-0.15, -0.1) is 0 Å². The Morgan fingerprint density at radius 2 is 1.90 bits per heavy atom. The summed E-state index contributed by atoms with van der Waals surface area (Å²) in [7, 11) is 0. The number of hydrogen-bond acceptors (Lipinski definition) is 6. The Hall–Kier alpha value is -1.92. The summed E-state index contributed by atoms with van der Waals surface area (Å²) in [5.74, 6) is 0.607. The van der Waals surface area contributed by atoms with Crippen molar-refractivity contribution in [2.45, 2.75) is 46.0 Å². The molecular weight excluding hydrogens is 270 g/mol. The second-order valence-electron chi connectivity index (χ2n) is 5.71. The van der Waals surface area contributed by atoms with E-state index in [9.17, 15) is 10.1 Å². The lowest BCUT2D eigenvalue weighted by atomic mass is 10.0. The average molecular weight is 293 g/mol. The first-order valence-corrected chi connectivity index (χ1v) is 7.59. The van der Waals surface area contributed by atoms with Gasteiger partial charge in [0.05, 0.1) is 4.92 Å². The van der Waals surface area contributed by atoms with Crippen molar-refractivity contribution in [1.29, 1.82) is 0 Å². The number of nitrogens with one attached hydrogen (secondary N) is 2. The quantitative estimate of drug-likeness (QED) is 0.536. The summed E-state index contributed by atoms with van der Waals surface area (Å²) in [6, 6.07) is 0. The van der Waals surface area contributed by atoms with Gasteiger partial charge in [0.15, 0.2) is 0 Å². The lowest BCUT2D eigenvalue weighted by Gasteiger charge is -2.15. The molecule has 21 heavy (non-hydrogen) atoms. The Bertz CT molecular complexity index is 502. The lowest BCUT2D eigenvalue weighted by molar-refractivity contribution is -0.383. The minimum absolute atomic E-state index is 0.0572. The molecule has 0 spiro atoms. The Kier molecular flexibility index (Phi) is 4.93. The van der Waals surface area contributed by atoms with Gasteiger partial charge >= 0.3 is 5.69 Å². The zero-order chi connectivity index (χ0) is 15.3. The second kappa shape index (κ2) is 6.69. The molecule has 0 aliphatic heterocycles. The summed E-state index contributed by atoms with van der Waals surface area (Å²) in [6.07, 6.45) is 6.91. The molecule has 7 nitrogen and oxygen atoms in total. The first kappa shape index (κ1) is 15.5. The summed E-state index contributed by atoms with van der Waals surface area (Å²) in [4.78, 5) is 18.9. The van der Waals surface area contributed by atoms with Crippen LogP contribution in [0.1, 0.15) is 46.0 Å². The highest BCUT2D eigenvalue weighted by molar-refractivity contribution is 5.69. The number of anilines is 2. The van der Waals surface area contributed by atoms with E-state index in [1.165, 1.54) is 19.2 Å². The second-order valence-corrected chi connectivity index (χ2v) is 5.71. The lowest BCUT2D eigenvalue weighted by Crippen LogP contribution is -2.17. The van der Waals surface area contributed by atoms with Crippen LogP contribution in [0.5, 0.6) is 0 Å². The molecule has 0 bridgehead atoms. The first-order valence-electron chi connectivity index (χ1n) is 7.59. The highest BCUT2D eigenvalue weighted by Crippen LogP contribution is 2.49. The van der Waals surface area contributed by atoms with Crippen LogP contribution in [0.15, 0.2) is 6.33 Å². The predicted molar refractivity (Wildman–Crippen MR) is 82.5 cm³/mol. The van der Waals surface area contributed by atoms with Gasteiger partial charge in [-0.1, -0.05) is 20.3 Å². The molecular formula is C14H23N5O2. The Balaban J connectivity index is 2.12. The molecule has 1 aromatic heterocycles. The monoisotopic (exact) mass is 293 g/mol. The smallest absolute Gasteiger partial charge is 0.353 e. The van der Waals surface area contributed by atoms with Crippen LogP contribution in [-0.4, -0.2) is 28.0 Å². The van der Waals surface area contributed by atoms with Gasteiger partial charge in [-0.25, -0.2) is 9.97 Å². The molecule has 1 fully saturated rings. The van der Waals surface area contributed by atoms with Crippen LogP contribution in [0.2, 0.25) is 0 Å². The molecule has 0 unspecified atom stereocenters. The highest BCUT2D eigenvalue weighted by atomic mass is 16.6. The standard InChI is InChI=1S/C14H23N5O2/c1-3-5-14(6-7-14)9-16-13-11(19(20)21)12(15-8-4-2)17-10-18-13/h10H,3-9H2,1-2H3,(H2,15,16,17,18). The zero-order valence-electron chi connectivity index (χ0n) is 12.7. The van der Waals surface area contributed by atoms with Crippen LogP contribution in [0.4, 0.5) is 17.3 Å². The third-order valence-corrected chi connectivity index (χ3v) is 3.92. The van der Waals surface area contributed by atoms with E-state index in [-0.39, 0.29) is 5.69 Å². The Labute approximate surface area is 124 Å². The van der Waals surface area contributed by atoms with Crippen molar-refractivity contribution < 1.29 is 4.92 Å². The van der Waals surface area contributed by atoms with Gasteiger partial charge in [-0.3, -0.25) is 10.1 Å². The third kappa shape index (κ3) is 3.80. The molecule has 2 rings (SSSR count). The fourth-order valence-electron chi connectivity index (χ4n) is 2.55. The molecule has 1 aliphatic rings. The molecule has 0 atom stereocenters. The van der Waals surface area contributed by atoms with E-state index in [0.29, 0.717) is 23.6 Å². The van der Waals surface area contributed by atoms with E-state index in [1.807, 2.05) is 6.92 Å². The maximum Gasteiger partial charge on any atom is 0.353 e. The molecule has 116 valence electrons. The molecule has 1 heterocycles. The number of rotatable bonds is 9. The minimum atomic E-state index is -0.417. The van der Waals surface area contributed by atoms with E-state index >= 15 is 0 Å². The van der Waals surface area contributed by atoms with Crippen molar-refractivity contribution in [3.05, 3.63) is 16.4 Å². The molecule has 1 saturated carbocycles. The fourth-order valence-corrected chi connectivity index (χ4v) is 2.55. The highest BCUT2D eigenvalue weighted by Gasteiger charge is 2.41. The van der Waals surface area contributed by atoms with Crippen molar-refractivity contribution in [3.63, 3.8) is 0 Å². The van der Waals surface area contributed by atoms with Gasteiger partial charge in [0.2, 0.25) is 11.6 Å². The fraction of sp³-hybridized carbons (Fsp3) is 0.714. The van der Waals surface area contributed by atoms with E-state index in [0.717, 1.165) is 25.8 Å². The van der Waals surface area contributed by atoms with E-state index in [4.69, 9.17) is 0 Å². The maximum absolute atomic E-state index is 11.3. The number of nitrogens with zero attached hydrogens (tertiary/aromatic N) is 3. The SMILES string of the molecule is CCCNc1ncnc(NCC2(CCC)CC2)c1[N+](=O)[O-]. The van der Waals surface area contributed by atoms with E-state index in [1.54, 1.807) is 0 Å². The topological polar surface area (TPSA) is 93.0 Å². The van der Waals surface area contributed by atoms with Crippen LogP contribution in [0, 0.1) is 15.5 Å². The summed E-state index contributed by atoms with van der Waals surface area (Å²) >= 11 is 0. The van der Waals surface area contributed by atoms with Gasteiger partial charge in [-0.05, 0) is 31.1 Å². The van der Waals surface area contributed by atoms with Gasteiger partial charge in [0, 0.05) is 13.1 Å². The number of aromatic nitrogens is 2. The summed E-state index contributed by atoms with van der Waals surface area (Å²) < 4.78 is 0. The van der Waals surface area contributed by atoms with Crippen molar-refractivity contribution in [2.24, 2.45) is 5.41 Å². The molecule has 1 aromatic rings. The largest absolute Gasteiger partial charge is 0.364 e. The Morgan fingerprint density at radius 3 is 2.43 bits per heavy atom. The number of nitro groups is 1. The molecule has 1 aliphatic carbocycles. The Morgan fingerprint density at radius 1 is 1.24 bits per heavy atom. The molecule has 0 saturated heterocycles. The van der Waals surface area contributed by atoms with Crippen LogP contribution in [-0.2, 0) is 0 Å². The number of hydrogen-bond donors (Lipinski definition) is 2. The van der Waals surface area contributed by atoms with Gasteiger partial charge < -0.3 is 10.6 Å². The molecule has 7 heteroatoms. The van der Waals surface area contributed by atoms with Crippen LogP contribution in [0.3, 0.4) is 0 Å². The van der Waals surface area contributed by atoms with Crippen LogP contribution >= 0.6 is 0 Å². The predicted octanol–water partition coefficient (Wildman–Crippen LogP) is 3.20. The van der Waals surface area contributed by atoms with Gasteiger partial charge in [-0.2, -0.15) is 0 Å². The van der Waals surface area contributed by atoms with Crippen molar-refractivity contribution in [3.8, 4) is 0 Å².